The van der Waals surface area contributed by atoms with Crippen molar-refractivity contribution in [2.24, 2.45) is 0 Å². The zero-order valence-corrected chi connectivity index (χ0v) is 8.34. The van der Waals surface area contributed by atoms with Crippen molar-refractivity contribution in [1.82, 2.24) is 4.72 Å². The van der Waals surface area contributed by atoms with Gasteiger partial charge in [-0.3, -0.25) is 9.52 Å². The molecule has 0 heterocycles. The Kier molecular flexibility index (Phi) is 4.00. The lowest BCUT2D eigenvalue weighted by Crippen LogP contribution is -2.05. The van der Waals surface area contributed by atoms with Crippen molar-refractivity contribution in [3.05, 3.63) is 29.8 Å². The fraction of sp³-hybridized carbons (Fsp3) is 0.111. The second kappa shape index (κ2) is 5.29. The van der Waals surface area contributed by atoms with Crippen molar-refractivity contribution in [3.8, 4) is 0 Å². The average molecular weight is 211 g/mol. The largest absolute Gasteiger partial charge is 0.465 e. The molecule has 0 aliphatic rings. The molecule has 0 bridgehead atoms. The Morgan fingerprint density at radius 2 is 2.21 bits per heavy atom. The molecule has 0 unspecified atom stereocenters. The van der Waals surface area contributed by atoms with Gasteiger partial charge in [-0.2, -0.15) is 0 Å². The molecule has 4 nitrogen and oxygen atoms in total. The number of methoxy groups -OCH3 is 1. The summed E-state index contributed by atoms with van der Waals surface area (Å²) in [5.41, 5.74) is 0.439. The lowest BCUT2D eigenvalue weighted by molar-refractivity contribution is -0.107. The van der Waals surface area contributed by atoms with Crippen LogP contribution in [0.25, 0.3) is 0 Å². The minimum atomic E-state index is -0.416. The van der Waals surface area contributed by atoms with Crippen LogP contribution in [-0.4, -0.2) is 19.5 Å². The molecule has 0 radical (unpaired) electrons. The van der Waals surface area contributed by atoms with E-state index in [1.54, 1.807) is 24.3 Å². The van der Waals surface area contributed by atoms with Gasteiger partial charge in [-0.05, 0) is 24.1 Å². The molecule has 0 atom stereocenters. The molecule has 0 spiro atoms. The molecule has 1 amide bonds. The zero-order valence-electron chi connectivity index (χ0n) is 7.52. The summed E-state index contributed by atoms with van der Waals surface area (Å²) < 4.78 is 7.00. The second-order valence-electron chi connectivity index (χ2n) is 2.33. The number of benzene rings is 1. The van der Waals surface area contributed by atoms with Crippen LogP contribution in [0.3, 0.4) is 0 Å². The van der Waals surface area contributed by atoms with Gasteiger partial charge in [0.1, 0.15) is 0 Å². The van der Waals surface area contributed by atoms with Gasteiger partial charge < -0.3 is 4.74 Å². The molecule has 1 rings (SSSR count). The van der Waals surface area contributed by atoms with Crippen LogP contribution in [0.1, 0.15) is 10.4 Å². The molecular formula is C9H9NO3S. The van der Waals surface area contributed by atoms with Crippen molar-refractivity contribution in [2.45, 2.75) is 4.90 Å². The highest BCUT2D eigenvalue weighted by atomic mass is 32.2. The van der Waals surface area contributed by atoms with E-state index >= 15 is 0 Å². The number of hydrogen-bond acceptors (Lipinski definition) is 4. The lowest BCUT2D eigenvalue weighted by atomic mass is 10.2. The van der Waals surface area contributed by atoms with Gasteiger partial charge in [0.25, 0.3) is 0 Å². The molecule has 0 aliphatic carbocycles. The summed E-state index contributed by atoms with van der Waals surface area (Å²) in [6.45, 7) is 0. The van der Waals surface area contributed by atoms with Crippen LogP contribution in [0.4, 0.5) is 0 Å². The molecule has 1 N–H and O–H groups in total. The maximum Gasteiger partial charge on any atom is 0.339 e. The quantitative estimate of drug-likeness (QED) is 0.462. The third-order valence-electron chi connectivity index (χ3n) is 1.51. The van der Waals surface area contributed by atoms with Crippen LogP contribution >= 0.6 is 11.9 Å². The highest BCUT2D eigenvalue weighted by Gasteiger charge is 2.10. The molecule has 5 heteroatoms. The number of carbonyl (C=O) groups excluding carboxylic acids is 2. The van der Waals surface area contributed by atoms with Gasteiger partial charge in [-0.15, -0.1) is 0 Å². The van der Waals surface area contributed by atoms with Gasteiger partial charge >= 0.3 is 5.97 Å². The minimum Gasteiger partial charge on any atom is -0.465 e. The summed E-state index contributed by atoms with van der Waals surface area (Å²) in [4.78, 5) is 22.0. The van der Waals surface area contributed by atoms with Crippen LogP contribution in [-0.2, 0) is 9.53 Å². The van der Waals surface area contributed by atoms with E-state index in [1.165, 1.54) is 7.11 Å². The van der Waals surface area contributed by atoms with E-state index in [-0.39, 0.29) is 0 Å². The summed E-state index contributed by atoms with van der Waals surface area (Å²) in [5.74, 6) is -0.416. The number of hydrogen-bond donors (Lipinski definition) is 1. The highest BCUT2D eigenvalue weighted by Crippen LogP contribution is 2.19. The Labute approximate surface area is 85.8 Å². The summed E-state index contributed by atoms with van der Waals surface area (Å²) in [6, 6.07) is 6.88. The van der Waals surface area contributed by atoms with E-state index in [9.17, 15) is 9.59 Å². The Morgan fingerprint density at radius 1 is 1.50 bits per heavy atom. The normalized spacial score (nSPS) is 9.21. The van der Waals surface area contributed by atoms with Gasteiger partial charge in [0.2, 0.25) is 6.41 Å². The molecule has 0 saturated carbocycles. The first-order chi connectivity index (χ1) is 6.79. The Balaban J connectivity index is 2.90. The maximum atomic E-state index is 11.2. The predicted molar refractivity (Wildman–Crippen MR) is 52.8 cm³/mol. The van der Waals surface area contributed by atoms with E-state index in [0.29, 0.717) is 16.9 Å². The van der Waals surface area contributed by atoms with E-state index in [2.05, 4.69) is 9.46 Å². The molecule has 1 aromatic carbocycles. The van der Waals surface area contributed by atoms with E-state index in [1.807, 2.05) is 0 Å². The second-order valence-corrected chi connectivity index (χ2v) is 3.21. The minimum absolute atomic E-state index is 0.416. The summed E-state index contributed by atoms with van der Waals surface area (Å²) in [6.07, 6.45) is 0.554. The molecule has 0 saturated heterocycles. The third kappa shape index (κ3) is 2.50. The van der Waals surface area contributed by atoms with Crippen LogP contribution < -0.4 is 4.72 Å². The number of amides is 1. The molecule has 74 valence electrons. The average Bonchev–Trinajstić information content (AvgIpc) is 2.25. The van der Waals surface area contributed by atoms with Crippen molar-refractivity contribution in [2.75, 3.05) is 7.11 Å². The smallest absolute Gasteiger partial charge is 0.339 e. The summed E-state index contributed by atoms with van der Waals surface area (Å²) in [5, 5.41) is 0. The van der Waals surface area contributed by atoms with Crippen molar-refractivity contribution >= 4 is 24.3 Å². The zero-order chi connectivity index (χ0) is 10.4. The third-order valence-corrected chi connectivity index (χ3v) is 2.30. The highest BCUT2D eigenvalue weighted by molar-refractivity contribution is 7.98. The van der Waals surface area contributed by atoms with Crippen molar-refractivity contribution in [1.29, 1.82) is 0 Å². The van der Waals surface area contributed by atoms with Crippen LogP contribution in [0.2, 0.25) is 0 Å². The first-order valence-corrected chi connectivity index (χ1v) is 4.64. The molecule has 1 aromatic rings. The van der Waals surface area contributed by atoms with Crippen LogP contribution in [0, 0.1) is 0 Å². The first kappa shape index (κ1) is 10.6. The Bertz CT molecular complexity index is 341. The van der Waals surface area contributed by atoms with E-state index in [0.717, 1.165) is 11.9 Å². The topological polar surface area (TPSA) is 55.4 Å². The van der Waals surface area contributed by atoms with Crippen LogP contribution in [0.15, 0.2) is 29.2 Å². The SMILES string of the molecule is COC(=O)c1ccccc1SNC=O. The monoisotopic (exact) mass is 211 g/mol. The fourth-order valence-corrected chi connectivity index (χ4v) is 1.50. The molecule has 0 aromatic heterocycles. The molecule has 14 heavy (non-hydrogen) atoms. The summed E-state index contributed by atoms with van der Waals surface area (Å²) in [7, 11) is 1.32. The number of rotatable bonds is 4. The molecular weight excluding hydrogens is 202 g/mol. The predicted octanol–water partition coefficient (Wildman–Crippen LogP) is 1.23. The van der Waals surface area contributed by atoms with Gasteiger partial charge in [0.15, 0.2) is 0 Å². The standard InChI is InChI=1S/C9H9NO3S/c1-13-9(12)7-4-2-3-5-8(7)14-10-6-11/h2-6H,1H3,(H,10,11). The first-order valence-electron chi connectivity index (χ1n) is 3.83. The van der Waals surface area contributed by atoms with E-state index in [4.69, 9.17) is 0 Å². The van der Waals surface area contributed by atoms with Gasteiger partial charge in [0.05, 0.1) is 12.7 Å². The van der Waals surface area contributed by atoms with Gasteiger partial charge in [-0.1, -0.05) is 12.1 Å². The Morgan fingerprint density at radius 3 is 2.86 bits per heavy atom. The fourth-order valence-electron chi connectivity index (χ4n) is 0.922. The number of carbonyl (C=O) groups is 2. The molecule has 0 fully saturated rings. The summed E-state index contributed by atoms with van der Waals surface area (Å²) >= 11 is 1.07. The molecule has 0 aliphatic heterocycles. The number of nitrogens with one attached hydrogen (secondary N) is 1. The lowest BCUT2D eigenvalue weighted by Gasteiger charge is -2.04. The van der Waals surface area contributed by atoms with Gasteiger partial charge in [0, 0.05) is 4.90 Å². The maximum absolute atomic E-state index is 11.2. The van der Waals surface area contributed by atoms with E-state index < -0.39 is 5.97 Å². The van der Waals surface area contributed by atoms with Crippen molar-refractivity contribution in [3.63, 3.8) is 0 Å². The van der Waals surface area contributed by atoms with Gasteiger partial charge in [-0.25, -0.2) is 4.79 Å². The van der Waals surface area contributed by atoms with Crippen molar-refractivity contribution < 1.29 is 14.3 Å². The van der Waals surface area contributed by atoms with Crippen LogP contribution in [0.5, 0.6) is 0 Å². The number of esters is 1. The Hall–Kier alpha value is -1.49. The number of ether oxygens (including phenoxy) is 1.